The summed E-state index contributed by atoms with van der Waals surface area (Å²) < 4.78 is 19.1. The first kappa shape index (κ1) is 15.0. The van der Waals surface area contributed by atoms with Crippen LogP contribution in [-0.2, 0) is 9.59 Å². The van der Waals surface area contributed by atoms with Gasteiger partial charge in [0.25, 0.3) is 5.91 Å². The summed E-state index contributed by atoms with van der Waals surface area (Å²) in [6.45, 7) is 1.41. The summed E-state index contributed by atoms with van der Waals surface area (Å²) in [6.07, 6.45) is -0.675. The Hall–Kier alpha value is -2.89. The molecule has 2 aromatic carbocycles. The van der Waals surface area contributed by atoms with Gasteiger partial charge in [0.1, 0.15) is 18.1 Å². The third-order valence-corrected chi connectivity index (χ3v) is 3.52. The van der Waals surface area contributed by atoms with E-state index >= 15 is 0 Å². The van der Waals surface area contributed by atoms with Gasteiger partial charge < -0.3 is 10.1 Å². The van der Waals surface area contributed by atoms with Gasteiger partial charge in [0.2, 0.25) is 5.91 Å². The second kappa shape index (κ2) is 6.08. The molecular formula is C17H15FN2O3. The molecule has 1 unspecified atom stereocenters. The lowest BCUT2D eigenvalue weighted by molar-refractivity contribution is -0.127. The van der Waals surface area contributed by atoms with Crippen LogP contribution in [0.25, 0.3) is 0 Å². The largest absolute Gasteiger partial charge is 0.479 e. The minimum Gasteiger partial charge on any atom is -0.479 e. The van der Waals surface area contributed by atoms with Crippen LogP contribution in [0.15, 0.2) is 48.5 Å². The molecule has 0 bridgehead atoms. The SMILES string of the molecule is CC1Oc2ccccc2N(CC(=O)Nc2ccccc2F)C1=O. The Labute approximate surface area is 132 Å². The molecule has 0 saturated heterocycles. The van der Waals surface area contributed by atoms with Crippen LogP contribution in [0, 0.1) is 5.82 Å². The maximum Gasteiger partial charge on any atom is 0.268 e. The second-order valence-electron chi connectivity index (χ2n) is 5.18. The maximum absolute atomic E-state index is 13.6. The van der Waals surface area contributed by atoms with E-state index in [4.69, 9.17) is 4.74 Å². The molecule has 1 N–H and O–H groups in total. The summed E-state index contributed by atoms with van der Waals surface area (Å²) in [5.41, 5.74) is 0.610. The van der Waals surface area contributed by atoms with Crippen molar-refractivity contribution >= 4 is 23.2 Å². The molecule has 0 spiro atoms. The molecule has 0 fully saturated rings. The van der Waals surface area contributed by atoms with Crippen molar-refractivity contribution in [2.24, 2.45) is 0 Å². The Morgan fingerprint density at radius 1 is 1.22 bits per heavy atom. The van der Waals surface area contributed by atoms with Gasteiger partial charge in [-0.25, -0.2) is 4.39 Å². The Balaban J connectivity index is 1.80. The van der Waals surface area contributed by atoms with Crippen LogP contribution in [0.4, 0.5) is 15.8 Å². The highest BCUT2D eigenvalue weighted by atomic mass is 19.1. The number of nitrogens with zero attached hydrogens (tertiary/aromatic N) is 1. The number of benzene rings is 2. The third kappa shape index (κ3) is 3.01. The van der Waals surface area contributed by atoms with Crippen molar-refractivity contribution in [1.82, 2.24) is 0 Å². The van der Waals surface area contributed by atoms with Crippen LogP contribution in [-0.4, -0.2) is 24.5 Å². The maximum atomic E-state index is 13.6. The molecule has 1 atom stereocenters. The molecule has 2 amide bonds. The number of ether oxygens (including phenoxy) is 1. The van der Waals surface area contributed by atoms with E-state index in [1.54, 1.807) is 37.3 Å². The highest BCUT2D eigenvalue weighted by molar-refractivity contribution is 6.06. The molecular weight excluding hydrogens is 299 g/mol. The number of halogens is 1. The number of hydrogen-bond acceptors (Lipinski definition) is 3. The van der Waals surface area contributed by atoms with Crippen LogP contribution in [0.3, 0.4) is 0 Å². The first-order valence-corrected chi connectivity index (χ1v) is 7.17. The van der Waals surface area contributed by atoms with Crippen LogP contribution in [0.2, 0.25) is 0 Å². The number of carbonyl (C=O) groups is 2. The quantitative estimate of drug-likeness (QED) is 0.947. The molecule has 118 valence electrons. The van der Waals surface area contributed by atoms with Crippen molar-refractivity contribution < 1.29 is 18.7 Å². The average Bonchev–Trinajstić information content (AvgIpc) is 2.54. The first-order chi connectivity index (χ1) is 11.1. The van der Waals surface area contributed by atoms with E-state index in [9.17, 15) is 14.0 Å². The van der Waals surface area contributed by atoms with E-state index in [0.717, 1.165) is 0 Å². The summed E-state index contributed by atoms with van der Waals surface area (Å²) >= 11 is 0. The monoisotopic (exact) mass is 314 g/mol. The van der Waals surface area contributed by atoms with Gasteiger partial charge in [0.05, 0.1) is 11.4 Å². The van der Waals surface area contributed by atoms with E-state index in [-0.39, 0.29) is 18.1 Å². The predicted molar refractivity (Wildman–Crippen MR) is 83.9 cm³/mol. The van der Waals surface area contributed by atoms with E-state index in [1.807, 2.05) is 0 Å². The summed E-state index contributed by atoms with van der Waals surface area (Å²) in [5.74, 6) is -0.777. The topological polar surface area (TPSA) is 58.6 Å². The van der Waals surface area contributed by atoms with Gasteiger partial charge in [-0.15, -0.1) is 0 Å². The highest BCUT2D eigenvalue weighted by Crippen LogP contribution is 2.33. The molecule has 5 nitrogen and oxygen atoms in total. The van der Waals surface area contributed by atoms with Gasteiger partial charge in [0.15, 0.2) is 6.10 Å². The lowest BCUT2D eigenvalue weighted by atomic mass is 10.2. The lowest BCUT2D eigenvalue weighted by Gasteiger charge is -2.32. The predicted octanol–water partition coefficient (Wildman–Crippen LogP) is 2.58. The minimum atomic E-state index is -0.675. The van der Waals surface area contributed by atoms with Crippen molar-refractivity contribution in [1.29, 1.82) is 0 Å². The number of anilines is 2. The van der Waals surface area contributed by atoms with Gasteiger partial charge in [-0.1, -0.05) is 24.3 Å². The molecule has 0 radical (unpaired) electrons. The fourth-order valence-electron chi connectivity index (χ4n) is 2.42. The third-order valence-electron chi connectivity index (χ3n) is 3.52. The van der Waals surface area contributed by atoms with E-state index in [1.165, 1.54) is 23.1 Å². The highest BCUT2D eigenvalue weighted by Gasteiger charge is 2.32. The molecule has 23 heavy (non-hydrogen) atoms. The zero-order valence-corrected chi connectivity index (χ0v) is 12.5. The van der Waals surface area contributed by atoms with Crippen molar-refractivity contribution in [3.05, 3.63) is 54.3 Å². The number of hydrogen-bond donors (Lipinski definition) is 1. The molecule has 3 rings (SSSR count). The molecule has 1 heterocycles. The minimum absolute atomic E-state index is 0.0829. The summed E-state index contributed by atoms with van der Waals surface area (Å²) in [4.78, 5) is 25.8. The molecule has 0 aliphatic carbocycles. The van der Waals surface area contributed by atoms with Crippen molar-refractivity contribution in [2.45, 2.75) is 13.0 Å². The number of rotatable bonds is 3. The summed E-state index contributed by atoms with van der Waals surface area (Å²) in [6, 6.07) is 12.9. The Morgan fingerprint density at radius 3 is 2.70 bits per heavy atom. The van der Waals surface area contributed by atoms with Gasteiger partial charge in [0, 0.05) is 0 Å². The molecule has 6 heteroatoms. The van der Waals surface area contributed by atoms with Crippen molar-refractivity contribution in [3.8, 4) is 5.75 Å². The van der Waals surface area contributed by atoms with Gasteiger partial charge >= 0.3 is 0 Å². The van der Waals surface area contributed by atoms with Crippen LogP contribution < -0.4 is 15.0 Å². The molecule has 0 aromatic heterocycles. The van der Waals surface area contributed by atoms with E-state index < -0.39 is 17.8 Å². The van der Waals surface area contributed by atoms with E-state index in [2.05, 4.69) is 5.32 Å². The second-order valence-corrected chi connectivity index (χ2v) is 5.18. The van der Waals surface area contributed by atoms with Crippen LogP contribution in [0.5, 0.6) is 5.75 Å². The van der Waals surface area contributed by atoms with Gasteiger partial charge in [-0.05, 0) is 31.2 Å². The van der Waals surface area contributed by atoms with Crippen LogP contribution in [0.1, 0.15) is 6.92 Å². The van der Waals surface area contributed by atoms with Crippen molar-refractivity contribution in [3.63, 3.8) is 0 Å². The number of fused-ring (bicyclic) bond motifs is 1. The molecule has 0 saturated carbocycles. The normalized spacial score (nSPS) is 16.5. The Kier molecular flexibility index (Phi) is 3.97. The van der Waals surface area contributed by atoms with Crippen molar-refractivity contribution in [2.75, 3.05) is 16.8 Å². The average molecular weight is 314 g/mol. The van der Waals surface area contributed by atoms with Gasteiger partial charge in [-0.3, -0.25) is 14.5 Å². The number of carbonyl (C=O) groups excluding carboxylic acids is 2. The zero-order valence-electron chi connectivity index (χ0n) is 12.5. The number of amides is 2. The fraction of sp³-hybridized carbons (Fsp3) is 0.176. The van der Waals surface area contributed by atoms with Crippen LogP contribution >= 0.6 is 0 Å². The number of para-hydroxylation sites is 3. The fourth-order valence-corrected chi connectivity index (χ4v) is 2.42. The first-order valence-electron chi connectivity index (χ1n) is 7.17. The summed E-state index contributed by atoms with van der Waals surface area (Å²) in [7, 11) is 0. The smallest absolute Gasteiger partial charge is 0.268 e. The molecule has 1 aliphatic heterocycles. The van der Waals surface area contributed by atoms with E-state index in [0.29, 0.717) is 11.4 Å². The Morgan fingerprint density at radius 2 is 1.91 bits per heavy atom. The Bertz CT molecular complexity index is 763. The van der Waals surface area contributed by atoms with Gasteiger partial charge in [-0.2, -0.15) is 0 Å². The number of nitrogens with one attached hydrogen (secondary N) is 1. The molecule has 1 aliphatic rings. The molecule has 2 aromatic rings. The lowest BCUT2D eigenvalue weighted by Crippen LogP contribution is -2.47. The summed E-state index contributed by atoms with van der Waals surface area (Å²) in [5, 5.41) is 2.48. The standard InChI is InChI=1S/C17H15FN2O3/c1-11-17(22)20(14-8-4-5-9-15(14)23-11)10-16(21)19-13-7-3-2-6-12(13)18/h2-9,11H,10H2,1H3,(H,19,21). The zero-order chi connectivity index (χ0) is 16.4.